The third-order valence-electron chi connectivity index (χ3n) is 4.73. The summed E-state index contributed by atoms with van der Waals surface area (Å²) in [6.07, 6.45) is 0. The van der Waals surface area contributed by atoms with Crippen LogP contribution in [0.4, 0.5) is 11.4 Å². The Bertz CT molecular complexity index is 1200. The molecular weight excluding hydrogens is 424 g/mol. The maximum Gasteiger partial charge on any atom is 0.266 e. The molecule has 0 fully saturated rings. The first kappa shape index (κ1) is 20.3. The molecule has 1 aliphatic heterocycles. The van der Waals surface area contributed by atoms with Crippen molar-refractivity contribution < 1.29 is 17.9 Å². The lowest BCUT2D eigenvalue weighted by atomic mass is 10.2. The molecule has 0 unspecified atom stereocenters. The minimum absolute atomic E-state index is 0.00437. The van der Waals surface area contributed by atoms with E-state index in [9.17, 15) is 13.2 Å². The molecule has 0 atom stereocenters. The summed E-state index contributed by atoms with van der Waals surface area (Å²) < 4.78 is 34.1. The first-order chi connectivity index (χ1) is 14.3. The van der Waals surface area contributed by atoms with E-state index in [2.05, 4.69) is 5.32 Å². The van der Waals surface area contributed by atoms with Crippen LogP contribution in [0.3, 0.4) is 0 Å². The first-order valence-electron chi connectivity index (χ1n) is 9.24. The molecule has 0 aliphatic carbocycles. The molecule has 6 nitrogen and oxygen atoms in total. The molecule has 0 bridgehead atoms. The smallest absolute Gasteiger partial charge is 0.266 e. The Morgan fingerprint density at radius 1 is 1.07 bits per heavy atom. The summed E-state index contributed by atoms with van der Waals surface area (Å²) in [7, 11) is -4.03. The van der Waals surface area contributed by atoms with Crippen molar-refractivity contribution in [3.8, 4) is 5.75 Å². The number of nitrogens with zero attached hydrogens (tertiary/aromatic N) is 1. The molecule has 1 amide bonds. The summed E-state index contributed by atoms with van der Waals surface area (Å²) >= 11 is 6.34. The highest BCUT2D eigenvalue weighted by Gasteiger charge is 2.30. The van der Waals surface area contributed by atoms with Crippen LogP contribution in [0.1, 0.15) is 11.1 Å². The second kappa shape index (κ2) is 8.01. The van der Waals surface area contributed by atoms with Gasteiger partial charge in [0.05, 0.1) is 22.9 Å². The summed E-state index contributed by atoms with van der Waals surface area (Å²) in [5, 5.41) is 2.63. The van der Waals surface area contributed by atoms with Gasteiger partial charge in [-0.05, 0) is 30.7 Å². The summed E-state index contributed by atoms with van der Waals surface area (Å²) in [5.74, 6) is -0.0549. The number of rotatable bonds is 5. The topological polar surface area (TPSA) is 75.7 Å². The molecule has 1 aliphatic rings. The van der Waals surface area contributed by atoms with Crippen molar-refractivity contribution in [2.24, 2.45) is 0 Å². The number of hydrogen-bond acceptors (Lipinski definition) is 4. The van der Waals surface area contributed by atoms with Crippen molar-refractivity contribution >= 4 is 38.9 Å². The number of nitrogens with one attached hydrogen (secondary N) is 1. The zero-order chi connectivity index (χ0) is 21.3. The van der Waals surface area contributed by atoms with E-state index >= 15 is 0 Å². The molecule has 3 aromatic rings. The summed E-state index contributed by atoms with van der Waals surface area (Å²) in [5.41, 5.74) is 2.72. The van der Waals surface area contributed by atoms with Gasteiger partial charge < -0.3 is 10.1 Å². The summed E-state index contributed by atoms with van der Waals surface area (Å²) in [6, 6.07) is 19.3. The van der Waals surface area contributed by atoms with Crippen LogP contribution in [0.2, 0.25) is 5.02 Å². The number of halogens is 1. The van der Waals surface area contributed by atoms with E-state index in [1.807, 2.05) is 49.4 Å². The molecule has 0 spiro atoms. The van der Waals surface area contributed by atoms with Gasteiger partial charge in [-0.1, -0.05) is 59.6 Å². The molecule has 4 rings (SSSR count). The Kier molecular flexibility index (Phi) is 5.40. The molecule has 3 aromatic carbocycles. The van der Waals surface area contributed by atoms with E-state index in [4.69, 9.17) is 16.3 Å². The first-order valence-corrected chi connectivity index (χ1v) is 11.1. The third-order valence-corrected chi connectivity index (χ3v) is 6.96. The van der Waals surface area contributed by atoms with Gasteiger partial charge in [-0.3, -0.25) is 9.10 Å². The zero-order valence-electron chi connectivity index (χ0n) is 16.1. The number of benzene rings is 3. The normalized spacial score (nSPS) is 13.2. The molecule has 0 saturated carbocycles. The van der Waals surface area contributed by atoms with Crippen LogP contribution in [0, 0.1) is 6.92 Å². The third kappa shape index (κ3) is 3.99. The second-order valence-corrected chi connectivity index (χ2v) is 9.19. The van der Waals surface area contributed by atoms with Gasteiger partial charge in [-0.2, -0.15) is 0 Å². The summed E-state index contributed by atoms with van der Waals surface area (Å²) in [6.45, 7) is 1.89. The van der Waals surface area contributed by atoms with Gasteiger partial charge in [0.15, 0.2) is 6.61 Å². The van der Waals surface area contributed by atoms with Crippen LogP contribution in [-0.2, 0) is 21.4 Å². The SMILES string of the molecule is Cc1ccc(N(Cc2ccccc2)S(=O)(=O)c2cc3c(cc2Cl)NC(=O)CO3)cc1. The van der Waals surface area contributed by atoms with Gasteiger partial charge in [0.1, 0.15) is 10.6 Å². The average molecular weight is 443 g/mol. The maximum atomic E-state index is 13.7. The molecule has 154 valence electrons. The van der Waals surface area contributed by atoms with Crippen molar-refractivity contribution in [3.05, 3.63) is 82.9 Å². The van der Waals surface area contributed by atoms with Crippen molar-refractivity contribution in [3.63, 3.8) is 0 Å². The fraction of sp³-hybridized carbons (Fsp3) is 0.136. The molecular formula is C22H19ClN2O4S. The average Bonchev–Trinajstić information content (AvgIpc) is 2.73. The highest BCUT2D eigenvalue weighted by atomic mass is 35.5. The number of hydrogen-bond donors (Lipinski definition) is 1. The monoisotopic (exact) mass is 442 g/mol. The van der Waals surface area contributed by atoms with Crippen LogP contribution in [0.15, 0.2) is 71.6 Å². The molecule has 0 aromatic heterocycles. The van der Waals surface area contributed by atoms with Crippen LogP contribution >= 0.6 is 11.6 Å². The number of ether oxygens (including phenoxy) is 1. The Morgan fingerprint density at radius 3 is 2.47 bits per heavy atom. The maximum absolute atomic E-state index is 13.7. The standard InChI is InChI=1S/C22H19ClN2O4S/c1-15-7-9-17(10-8-15)25(13-16-5-3-2-4-6-16)30(27,28)21-12-20-19(11-18(21)23)24-22(26)14-29-20/h2-12H,13-14H2,1H3,(H,24,26). The number of anilines is 2. The highest BCUT2D eigenvalue weighted by Crippen LogP contribution is 2.38. The van der Waals surface area contributed by atoms with Crippen LogP contribution in [-0.4, -0.2) is 20.9 Å². The van der Waals surface area contributed by atoms with E-state index < -0.39 is 10.0 Å². The van der Waals surface area contributed by atoms with Crippen molar-refractivity contribution in [1.82, 2.24) is 0 Å². The van der Waals surface area contributed by atoms with E-state index in [1.165, 1.54) is 16.4 Å². The quantitative estimate of drug-likeness (QED) is 0.636. The molecule has 8 heteroatoms. The van der Waals surface area contributed by atoms with E-state index in [1.54, 1.807) is 12.1 Å². The Hall–Kier alpha value is -3.03. The number of carbonyl (C=O) groups is 1. The largest absolute Gasteiger partial charge is 0.482 e. The van der Waals surface area contributed by atoms with Gasteiger partial charge in [-0.15, -0.1) is 0 Å². The predicted molar refractivity (Wildman–Crippen MR) is 117 cm³/mol. The molecule has 1 N–H and O–H groups in total. The van der Waals surface area contributed by atoms with Gasteiger partial charge >= 0.3 is 0 Å². The van der Waals surface area contributed by atoms with Gasteiger partial charge in [-0.25, -0.2) is 8.42 Å². The van der Waals surface area contributed by atoms with Gasteiger partial charge in [0.25, 0.3) is 15.9 Å². The number of amides is 1. The molecule has 0 saturated heterocycles. The number of sulfonamides is 1. The number of carbonyl (C=O) groups excluding carboxylic acids is 1. The second-order valence-electron chi connectivity index (χ2n) is 6.95. The van der Waals surface area contributed by atoms with Crippen molar-refractivity contribution in [1.29, 1.82) is 0 Å². The highest BCUT2D eigenvalue weighted by molar-refractivity contribution is 7.93. The van der Waals surface area contributed by atoms with Gasteiger partial charge in [0, 0.05) is 6.07 Å². The van der Waals surface area contributed by atoms with E-state index in [-0.39, 0.29) is 34.7 Å². The van der Waals surface area contributed by atoms with E-state index in [0.717, 1.165) is 11.1 Å². The van der Waals surface area contributed by atoms with E-state index in [0.29, 0.717) is 11.4 Å². The fourth-order valence-electron chi connectivity index (χ4n) is 3.17. The molecule has 1 heterocycles. The lowest BCUT2D eigenvalue weighted by molar-refractivity contribution is -0.118. The fourth-order valence-corrected chi connectivity index (χ4v) is 5.15. The van der Waals surface area contributed by atoms with Gasteiger partial charge in [0.2, 0.25) is 0 Å². The number of fused-ring (bicyclic) bond motifs is 1. The Labute approximate surface area is 180 Å². The summed E-state index contributed by atoms with van der Waals surface area (Å²) in [4.78, 5) is 11.4. The number of aryl methyl sites for hydroxylation is 1. The minimum atomic E-state index is -4.03. The zero-order valence-corrected chi connectivity index (χ0v) is 17.7. The van der Waals surface area contributed by atoms with Crippen molar-refractivity contribution in [2.45, 2.75) is 18.4 Å². The predicted octanol–water partition coefficient (Wildman–Crippen LogP) is 4.37. The Morgan fingerprint density at radius 2 is 1.77 bits per heavy atom. The Balaban J connectivity index is 1.81. The lowest BCUT2D eigenvalue weighted by Gasteiger charge is -2.26. The lowest BCUT2D eigenvalue weighted by Crippen LogP contribution is -2.31. The van der Waals surface area contributed by atoms with Crippen LogP contribution in [0.25, 0.3) is 0 Å². The van der Waals surface area contributed by atoms with Crippen molar-refractivity contribution in [2.75, 3.05) is 16.2 Å². The van der Waals surface area contributed by atoms with Crippen LogP contribution < -0.4 is 14.4 Å². The van der Waals surface area contributed by atoms with Crippen LogP contribution in [0.5, 0.6) is 5.75 Å². The molecule has 30 heavy (non-hydrogen) atoms. The molecule has 0 radical (unpaired) electrons. The minimum Gasteiger partial charge on any atom is -0.482 e.